The molecule has 0 amide bonds. The minimum Gasteiger partial charge on any atom is -0.332 e. The molecular weight excluding hydrogens is 879 g/mol. The van der Waals surface area contributed by atoms with Crippen molar-refractivity contribution in [2.24, 2.45) is 0 Å². The monoisotopic (exact) mass is 930 g/mol. The maximum atomic E-state index is 2.50. The van der Waals surface area contributed by atoms with Gasteiger partial charge in [-0.2, -0.15) is 0 Å². The maximum Gasteiger partial charge on any atom is 0.0516 e. The van der Waals surface area contributed by atoms with Gasteiger partial charge in [-0.3, -0.25) is 0 Å². The summed E-state index contributed by atoms with van der Waals surface area (Å²) in [5, 5.41) is 8.23. The molecule has 0 saturated heterocycles. The summed E-state index contributed by atoms with van der Waals surface area (Å²) in [4.78, 5) is 0. The van der Waals surface area contributed by atoms with Gasteiger partial charge < -0.3 is 9.13 Å². The van der Waals surface area contributed by atoms with Gasteiger partial charge in [-0.1, -0.05) is 109 Å². The molecule has 0 atom stereocenters. The van der Waals surface area contributed by atoms with Crippen LogP contribution in [0.15, 0.2) is 182 Å². The molecular formula is C56H50HfN2-2. The molecule has 0 radical (unpaired) electrons. The van der Waals surface area contributed by atoms with Crippen molar-refractivity contribution in [2.75, 3.05) is 0 Å². The van der Waals surface area contributed by atoms with Gasteiger partial charge in [0.1, 0.15) is 0 Å². The number of nitrogens with zero attached hydrogens (tertiary/aromatic N) is 2. The fourth-order valence-electron chi connectivity index (χ4n) is 9.69. The average Bonchev–Trinajstić information content (AvgIpc) is 4.07. The molecule has 2 aliphatic carbocycles. The van der Waals surface area contributed by atoms with E-state index in [1.54, 1.807) is 11.1 Å². The zero-order valence-electron chi connectivity index (χ0n) is 33.8. The summed E-state index contributed by atoms with van der Waals surface area (Å²) in [6, 6.07) is 65.6. The van der Waals surface area contributed by atoms with Crippen LogP contribution in [0.4, 0.5) is 0 Å². The molecule has 2 heterocycles. The van der Waals surface area contributed by atoms with Gasteiger partial charge in [0.25, 0.3) is 0 Å². The first-order valence-electron chi connectivity index (χ1n) is 21.4. The van der Waals surface area contributed by atoms with Gasteiger partial charge in [0.15, 0.2) is 0 Å². The van der Waals surface area contributed by atoms with Crippen molar-refractivity contribution in [3.63, 3.8) is 0 Å². The van der Waals surface area contributed by atoms with Crippen molar-refractivity contribution in [2.45, 2.75) is 64.2 Å². The molecule has 2 aromatic heterocycles. The van der Waals surface area contributed by atoms with Crippen LogP contribution >= 0.6 is 0 Å². The van der Waals surface area contributed by atoms with E-state index >= 15 is 0 Å². The number of aryl methyl sites for hydroxylation is 4. The first kappa shape index (κ1) is 39.0. The summed E-state index contributed by atoms with van der Waals surface area (Å²) in [5.74, 6) is 0. The Bertz CT molecular complexity index is 2680. The average molecular weight is 930 g/mol. The van der Waals surface area contributed by atoms with E-state index in [0.717, 1.165) is 12.8 Å². The molecule has 0 spiro atoms. The zero-order chi connectivity index (χ0) is 38.7. The van der Waals surface area contributed by atoms with E-state index < -0.39 is 0 Å². The minimum absolute atomic E-state index is 0. The van der Waals surface area contributed by atoms with Crippen molar-refractivity contribution >= 4 is 43.4 Å². The summed E-state index contributed by atoms with van der Waals surface area (Å²) in [5.41, 5.74) is 14.4. The molecule has 2 nitrogen and oxygen atoms in total. The molecule has 10 aromatic rings. The van der Waals surface area contributed by atoms with Gasteiger partial charge in [-0.25, -0.2) is 0 Å². The summed E-state index contributed by atoms with van der Waals surface area (Å²) in [6.45, 7) is 0. The van der Waals surface area contributed by atoms with Crippen molar-refractivity contribution in [3.8, 4) is 11.4 Å². The smallest absolute Gasteiger partial charge is 0.0516 e. The number of para-hydroxylation sites is 2. The normalized spacial score (nSPS) is 13.2. The van der Waals surface area contributed by atoms with Gasteiger partial charge in [0, 0.05) is 48.0 Å². The summed E-state index contributed by atoms with van der Waals surface area (Å²) >= 11 is 0. The molecule has 8 aromatic carbocycles. The quantitative estimate of drug-likeness (QED) is 0.120. The SMILES string of the molecule is [Hf].c1ccc(CCc2ccccc2)cc1.c1ccc2[cH-]c(-n3c4c(c5ccccc53)CCCC4)cc2c1.c1ccc2[cH-]c(-n3c4c(c5ccccc53)CCCC4)cc2c1. The van der Waals surface area contributed by atoms with Crippen LogP contribution in [-0.2, 0) is 64.4 Å². The molecule has 12 rings (SSSR count). The number of hydrogen-bond acceptors (Lipinski definition) is 0. The number of aromatic nitrogens is 2. The predicted octanol–water partition coefficient (Wildman–Crippen LogP) is 14.2. The topological polar surface area (TPSA) is 9.86 Å². The van der Waals surface area contributed by atoms with Gasteiger partial charge in [-0.05, 0) is 110 Å². The van der Waals surface area contributed by atoms with Crippen molar-refractivity contribution in [3.05, 3.63) is 216 Å². The van der Waals surface area contributed by atoms with E-state index in [9.17, 15) is 0 Å². The van der Waals surface area contributed by atoms with E-state index in [0.29, 0.717) is 0 Å². The van der Waals surface area contributed by atoms with Crippen molar-refractivity contribution in [1.29, 1.82) is 0 Å². The Morgan fingerprint density at radius 2 is 0.763 bits per heavy atom. The van der Waals surface area contributed by atoms with Crippen molar-refractivity contribution < 1.29 is 25.8 Å². The maximum absolute atomic E-state index is 2.50. The Hall–Kier alpha value is -5.51. The Morgan fingerprint density at radius 1 is 0.390 bits per heavy atom. The zero-order valence-corrected chi connectivity index (χ0v) is 37.4. The third-order valence-electron chi connectivity index (χ3n) is 12.5. The number of hydrogen-bond donors (Lipinski definition) is 0. The minimum atomic E-state index is 0. The van der Waals surface area contributed by atoms with E-state index in [1.807, 2.05) is 0 Å². The van der Waals surface area contributed by atoms with Gasteiger partial charge in [0.05, 0.1) is 11.0 Å². The molecule has 0 unspecified atom stereocenters. The Morgan fingerprint density at radius 3 is 1.20 bits per heavy atom. The second kappa shape index (κ2) is 17.8. The van der Waals surface area contributed by atoms with E-state index in [2.05, 4.69) is 191 Å². The van der Waals surface area contributed by atoms with E-state index in [1.165, 1.54) is 129 Å². The molecule has 0 fully saturated rings. The molecule has 0 N–H and O–H groups in total. The fourth-order valence-corrected chi connectivity index (χ4v) is 9.69. The van der Waals surface area contributed by atoms with E-state index in [-0.39, 0.29) is 25.8 Å². The third kappa shape index (κ3) is 7.98. The van der Waals surface area contributed by atoms with E-state index in [4.69, 9.17) is 0 Å². The Balaban J connectivity index is 0.000000116. The second-order valence-corrected chi connectivity index (χ2v) is 16.1. The van der Waals surface area contributed by atoms with Gasteiger partial charge in [-0.15, -0.1) is 82.2 Å². The van der Waals surface area contributed by atoms with Crippen LogP contribution in [0.3, 0.4) is 0 Å². The Labute approximate surface area is 367 Å². The molecule has 0 bridgehead atoms. The largest absolute Gasteiger partial charge is 0.332 e. The summed E-state index contributed by atoms with van der Waals surface area (Å²) in [6.07, 6.45) is 12.4. The molecule has 0 aliphatic heterocycles. The first-order chi connectivity index (χ1) is 28.8. The Kier molecular flexibility index (Phi) is 11.7. The van der Waals surface area contributed by atoms with Crippen LogP contribution in [-0.4, -0.2) is 9.13 Å². The van der Waals surface area contributed by atoms with Gasteiger partial charge >= 0.3 is 0 Å². The van der Waals surface area contributed by atoms with Crippen LogP contribution in [0.2, 0.25) is 0 Å². The second-order valence-electron chi connectivity index (χ2n) is 16.1. The summed E-state index contributed by atoms with van der Waals surface area (Å²) < 4.78 is 5.01. The third-order valence-corrected chi connectivity index (χ3v) is 12.5. The molecule has 0 saturated carbocycles. The molecule has 290 valence electrons. The van der Waals surface area contributed by atoms with Crippen LogP contribution in [0.1, 0.15) is 59.3 Å². The van der Waals surface area contributed by atoms with Crippen LogP contribution in [0, 0.1) is 0 Å². The van der Waals surface area contributed by atoms with Crippen LogP contribution in [0.5, 0.6) is 0 Å². The van der Waals surface area contributed by atoms with Crippen LogP contribution < -0.4 is 0 Å². The first-order valence-corrected chi connectivity index (χ1v) is 21.4. The molecule has 2 aliphatic rings. The predicted molar refractivity (Wildman–Crippen MR) is 246 cm³/mol. The fraction of sp³-hybridized carbons (Fsp3) is 0.179. The molecule has 59 heavy (non-hydrogen) atoms. The summed E-state index contributed by atoms with van der Waals surface area (Å²) in [7, 11) is 0. The standard InChI is InChI=1S/2C21H18N.C14H14.Hf/c2*1-2-8-16-14-17(13-15(16)7-1)22-20-11-5-3-9-18(20)19-10-4-6-12-21(19)22;1-3-7-13(8-4-1)11-12-14-9-5-2-6-10-14;/h2*1-3,5,7-9,11,13-14H,4,6,10,12H2;1-10H,11-12H2;/q2*-1;;. The number of rotatable bonds is 5. The number of benzene rings is 6. The molecule has 3 heteroatoms. The van der Waals surface area contributed by atoms with Gasteiger partial charge in [0.2, 0.25) is 0 Å². The number of fused-ring (bicyclic) bond motifs is 8. The van der Waals surface area contributed by atoms with Crippen LogP contribution in [0.25, 0.3) is 54.7 Å². The van der Waals surface area contributed by atoms with Crippen molar-refractivity contribution in [1.82, 2.24) is 9.13 Å².